The monoisotopic (exact) mass is 159 g/mol. The van der Waals surface area contributed by atoms with Gasteiger partial charge in [0.2, 0.25) is 0 Å². The average Bonchev–Trinajstić information content (AvgIpc) is 1.94. The first-order chi connectivity index (χ1) is 4.84. The average molecular weight is 159 g/mol. The van der Waals surface area contributed by atoms with Crippen molar-refractivity contribution in [3.63, 3.8) is 0 Å². The van der Waals surface area contributed by atoms with Gasteiger partial charge in [0, 0.05) is 24.6 Å². The van der Waals surface area contributed by atoms with Gasteiger partial charge in [-0.1, -0.05) is 6.08 Å². The third kappa shape index (κ3) is 2.01. The number of aliphatic hydroxyl groups excluding tert-OH is 1. The summed E-state index contributed by atoms with van der Waals surface area (Å²) in [5, 5.41) is 9.36. The lowest BCUT2D eigenvalue weighted by atomic mass is 10.4. The Morgan fingerprint density at radius 3 is 3.20 bits per heavy atom. The maximum atomic E-state index is 9.36. The van der Waals surface area contributed by atoms with Crippen molar-refractivity contribution in [2.45, 2.75) is 6.23 Å². The second-order valence-electron chi connectivity index (χ2n) is 2.34. The van der Waals surface area contributed by atoms with E-state index < -0.39 is 0 Å². The van der Waals surface area contributed by atoms with E-state index in [0.29, 0.717) is 0 Å². The minimum Gasteiger partial charge on any atom is -0.377 e. The Labute approximate surface area is 65.9 Å². The topological polar surface area (TPSA) is 23.5 Å². The van der Waals surface area contributed by atoms with Gasteiger partial charge >= 0.3 is 0 Å². The van der Waals surface area contributed by atoms with Crippen molar-refractivity contribution in [3.8, 4) is 0 Å². The van der Waals surface area contributed by atoms with Crippen molar-refractivity contribution >= 4 is 11.8 Å². The predicted octanol–water partition coefficient (Wildman–Crippen LogP) is 0.540. The van der Waals surface area contributed by atoms with Crippen LogP contribution >= 0.6 is 11.8 Å². The van der Waals surface area contributed by atoms with Crippen LogP contribution in [0.1, 0.15) is 0 Å². The molecular weight excluding hydrogens is 146 g/mol. The van der Waals surface area contributed by atoms with Crippen LogP contribution in [0.4, 0.5) is 0 Å². The molecule has 1 unspecified atom stereocenters. The Morgan fingerprint density at radius 1 is 1.80 bits per heavy atom. The molecule has 1 atom stereocenters. The van der Waals surface area contributed by atoms with E-state index >= 15 is 0 Å². The molecule has 0 aromatic heterocycles. The van der Waals surface area contributed by atoms with Crippen LogP contribution in [0, 0.1) is 0 Å². The number of aliphatic hydroxyl groups is 1. The van der Waals surface area contributed by atoms with Gasteiger partial charge in [-0.3, -0.25) is 4.90 Å². The van der Waals surface area contributed by atoms with Crippen LogP contribution in [0.25, 0.3) is 0 Å². The highest BCUT2D eigenvalue weighted by Gasteiger charge is 2.17. The Hall–Kier alpha value is 0.01000. The van der Waals surface area contributed by atoms with Gasteiger partial charge in [0.25, 0.3) is 0 Å². The molecule has 1 aliphatic rings. The molecule has 0 spiro atoms. The van der Waals surface area contributed by atoms with Gasteiger partial charge in [0.15, 0.2) is 0 Å². The third-order valence-corrected chi connectivity index (χ3v) is 2.58. The normalized spacial score (nSPS) is 28.3. The smallest absolute Gasteiger partial charge is 0.116 e. The fourth-order valence-electron chi connectivity index (χ4n) is 1.00. The summed E-state index contributed by atoms with van der Waals surface area (Å²) < 4.78 is 0. The summed E-state index contributed by atoms with van der Waals surface area (Å²) >= 11 is 1.81. The molecule has 1 fully saturated rings. The van der Waals surface area contributed by atoms with Crippen LogP contribution in [-0.4, -0.2) is 40.8 Å². The lowest BCUT2D eigenvalue weighted by Crippen LogP contribution is -2.41. The summed E-state index contributed by atoms with van der Waals surface area (Å²) in [4.78, 5) is 2.03. The molecule has 58 valence electrons. The van der Waals surface area contributed by atoms with Gasteiger partial charge in [-0.05, 0) is 0 Å². The number of rotatable bonds is 2. The number of hydrogen-bond donors (Lipinski definition) is 1. The van der Waals surface area contributed by atoms with Crippen molar-refractivity contribution in [2.75, 3.05) is 24.6 Å². The number of thioether (sulfide) groups is 1. The Kier molecular flexibility index (Phi) is 3.25. The van der Waals surface area contributed by atoms with E-state index in [9.17, 15) is 5.11 Å². The molecule has 1 aliphatic heterocycles. The van der Waals surface area contributed by atoms with Crippen LogP contribution in [0.5, 0.6) is 0 Å². The highest BCUT2D eigenvalue weighted by molar-refractivity contribution is 7.99. The zero-order chi connectivity index (χ0) is 7.40. The minimum absolute atomic E-state index is 0.253. The molecule has 1 heterocycles. The molecule has 2 nitrogen and oxygen atoms in total. The van der Waals surface area contributed by atoms with E-state index in [2.05, 4.69) is 6.58 Å². The molecule has 0 aromatic rings. The fourth-order valence-corrected chi connectivity index (χ4v) is 1.96. The van der Waals surface area contributed by atoms with Crippen molar-refractivity contribution in [2.24, 2.45) is 0 Å². The summed E-state index contributed by atoms with van der Waals surface area (Å²) in [6, 6.07) is 0. The summed E-state index contributed by atoms with van der Waals surface area (Å²) in [6.07, 6.45) is 1.58. The first kappa shape index (κ1) is 8.11. The largest absolute Gasteiger partial charge is 0.377 e. The van der Waals surface area contributed by atoms with Gasteiger partial charge in [-0.25, -0.2) is 0 Å². The van der Waals surface area contributed by atoms with E-state index in [1.165, 1.54) is 0 Å². The fraction of sp³-hybridized carbons (Fsp3) is 0.714. The van der Waals surface area contributed by atoms with E-state index in [4.69, 9.17) is 0 Å². The summed E-state index contributed by atoms with van der Waals surface area (Å²) in [7, 11) is 0. The highest BCUT2D eigenvalue weighted by Crippen LogP contribution is 2.13. The van der Waals surface area contributed by atoms with E-state index in [1.807, 2.05) is 11.0 Å². The molecule has 10 heavy (non-hydrogen) atoms. The second-order valence-corrected chi connectivity index (χ2v) is 3.49. The van der Waals surface area contributed by atoms with E-state index in [1.54, 1.807) is 11.8 Å². The van der Waals surface area contributed by atoms with E-state index in [-0.39, 0.29) is 6.23 Å². The molecule has 0 amide bonds. The van der Waals surface area contributed by atoms with E-state index in [0.717, 1.165) is 24.6 Å². The highest BCUT2D eigenvalue weighted by atomic mass is 32.2. The molecule has 1 rings (SSSR count). The van der Waals surface area contributed by atoms with Gasteiger partial charge in [-0.15, -0.1) is 6.58 Å². The lowest BCUT2D eigenvalue weighted by Gasteiger charge is -2.30. The Bertz CT molecular complexity index is 118. The molecule has 0 aliphatic carbocycles. The summed E-state index contributed by atoms with van der Waals surface area (Å²) in [6.45, 7) is 5.42. The van der Waals surface area contributed by atoms with Crippen molar-refractivity contribution < 1.29 is 5.11 Å². The first-order valence-corrected chi connectivity index (χ1v) is 4.61. The van der Waals surface area contributed by atoms with Crippen LogP contribution in [0.3, 0.4) is 0 Å². The second kappa shape index (κ2) is 4.01. The molecule has 0 saturated carbocycles. The van der Waals surface area contributed by atoms with Crippen LogP contribution in [-0.2, 0) is 0 Å². The van der Waals surface area contributed by atoms with Gasteiger partial charge in [0.1, 0.15) is 6.23 Å². The maximum absolute atomic E-state index is 9.36. The Morgan fingerprint density at radius 2 is 2.60 bits per heavy atom. The first-order valence-electron chi connectivity index (χ1n) is 3.45. The molecule has 3 heteroatoms. The molecular formula is C7H13NOS. The molecule has 0 bridgehead atoms. The van der Waals surface area contributed by atoms with Crippen molar-refractivity contribution in [1.29, 1.82) is 0 Å². The predicted molar refractivity (Wildman–Crippen MR) is 45.1 cm³/mol. The molecule has 1 saturated heterocycles. The maximum Gasteiger partial charge on any atom is 0.116 e. The van der Waals surface area contributed by atoms with Crippen molar-refractivity contribution in [1.82, 2.24) is 4.90 Å². The zero-order valence-corrected chi connectivity index (χ0v) is 6.81. The summed E-state index contributed by atoms with van der Waals surface area (Å²) in [5.41, 5.74) is 0. The zero-order valence-electron chi connectivity index (χ0n) is 5.99. The van der Waals surface area contributed by atoms with Gasteiger partial charge < -0.3 is 5.11 Å². The van der Waals surface area contributed by atoms with Crippen LogP contribution in [0.15, 0.2) is 12.7 Å². The van der Waals surface area contributed by atoms with Crippen LogP contribution in [0.2, 0.25) is 0 Å². The number of hydrogen-bond acceptors (Lipinski definition) is 3. The third-order valence-electron chi connectivity index (χ3n) is 1.57. The number of nitrogens with zero attached hydrogens (tertiary/aromatic N) is 1. The SMILES string of the molecule is C=CCN1CCSCC1O. The lowest BCUT2D eigenvalue weighted by molar-refractivity contribution is 0.0319. The van der Waals surface area contributed by atoms with Crippen LogP contribution < -0.4 is 0 Å². The van der Waals surface area contributed by atoms with Crippen molar-refractivity contribution in [3.05, 3.63) is 12.7 Å². The van der Waals surface area contributed by atoms with Gasteiger partial charge in [0.05, 0.1) is 0 Å². The molecule has 0 radical (unpaired) electrons. The molecule has 1 N–H and O–H groups in total. The quantitative estimate of drug-likeness (QED) is 0.595. The summed E-state index contributed by atoms with van der Waals surface area (Å²) in [5.74, 6) is 1.97. The standard InChI is InChI=1S/C7H13NOS/c1-2-3-8-4-5-10-6-7(8)9/h2,7,9H,1,3-6H2. The molecule has 0 aromatic carbocycles. The Balaban J connectivity index is 2.32. The minimum atomic E-state index is -0.253. The van der Waals surface area contributed by atoms with Gasteiger partial charge in [-0.2, -0.15) is 11.8 Å².